The smallest absolute Gasteiger partial charge is 0.277 e. The number of amides is 4. The minimum atomic E-state index is -0.809. The Morgan fingerprint density at radius 2 is 1.97 bits per heavy atom. The van der Waals surface area contributed by atoms with Gasteiger partial charge in [0.1, 0.15) is 10.9 Å². The van der Waals surface area contributed by atoms with Gasteiger partial charge in [-0.2, -0.15) is 0 Å². The molecule has 168 valence electrons. The van der Waals surface area contributed by atoms with E-state index in [0.717, 1.165) is 35.4 Å². The highest BCUT2D eigenvalue weighted by Gasteiger charge is 2.38. The summed E-state index contributed by atoms with van der Waals surface area (Å²) >= 11 is 0.811. The Hall–Kier alpha value is -3.31. The van der Waals surface area contributed by atoms with Gasteiger partial charge >= 0.3 is 0 Å². The van der Waals surface area contributed by atoms with Crippen molar-refractivity contribution in [1.82, 2.24) is 20.3 Å². The average Bonchev–Trinajstić information content (AvgIpc) is 3.37. The standard InChI is InChI=1S/C21H24N6O4S/c1-11(9-14-16(17(22)28)32-20(24-14)18(23)29)19(30)25-15-13-6-3-2-5-12(13)10-26-7-4-8-27(26)21(15)31/h2-3,5-6,11,15H,4,7-10H2,1H3,(H2,22,28)(H2,23,29)(H,25,30)/t11-,15+/m1/s1. The molecule has 0 spiro atoms. The van der Waals surface area contributed by atoms with E-state index in [-0.39, 0.29) is 33.8 Å². The van der Waals surface area contributed by atoms with Crippen molar-refractivity contribution in [3.05, 3.63) is 51.0 Å². The lowest BCUT2D eigenvalue weighted by Crippen LogP contribution is -2.46. The van der Waals surface area contributed by atoms with Crippen LogP contribution in [0.4, 0.5) is 0 Å². The number of nitrogens with zero attached hydrogens (tertiary/aromatic N) is 3. The monoisotopic (exact) mass is 456 g/mol. The molecule has 4 amide bonds. The molecular formula is C21H24N6O4S. The molecule has 11 heteroatoms. The first kappa shape index (κ1) is 21.9. The molecule has 32 heavy (non-hydrogen) atoms. The number of nitrogens with two attached hydrogens (primary N) is 2. The van der Waals surface area contributed by atoms with Gasteiger partial charge in [-0.3, -0.25) is 24.2 Å². The third-order valence-corrected chi connectivity index (χ3v) is 6.84. The predicted molar refractivity (Wildman–Crippen MR) is 116 cm³/mol. The van der Waals surface area contributed by atoms with Crippen LogP contribution >= 0.6 is 11.3 Å². The molecule has 0 aliphatic carbocycles. The fourth-order valence-electron chi connectivity index (χ4n) is 4.11. The van der Waals surface area contributed by atoms with E-state index in [1.54, 1.807) is 11.9 Å². The number of hydrogen-bond donors (Lipinski definition) is 3. The molecule has 1 fully saturated rings. The number of fused-ring (bicyclic) bond motifs is 2. The van der Waals surface area contributed by atoms with Crippen molar-refractivity contribution >= 4 is 35.0 Å². The largest absolute Gasteiger partial charge is 0.365 e. The summed E-state index contributed by atoms with van der Waals surface area (Å²) in [6.07, 6.45) is 0.958. The average molecular weight is 457 g/mol. The van der Waals surface area contributed by atoms with Crippen molar-refractivity contribution in [3.8, 4) is 0 Å². The Morgan fingerprint density at radius 3 is 2.69 bits per heavy atom. The molecular weight excluding hydrogens is 432 g/mol. The van der Waals surface area contributed by atoms with Crippen LogP contribution in [0.1, 0.15) is 55.7 Å². The van der Waals surface area contributed by atoms with Crippen molar-refractivity contribution in [1.29, 1.82) is 0 Å². The van der Waals surface area contributed by atoms with Crippen molar-refractivity contribution in [2.24, 2.45) is 17.4 Å². The Labute approximate surface area is 188 Å². The molecule has 5 N–H and O–H groups in total. The fraction of sp³-hybridized carbons (Fsp3) is 0.381. The van der Waals surface area contributed by atoms with E-state index in [0.29, 0.717) is 13.1 Å². The van der Waals surface area contributed by atoms with Crippen LogP contribution in [0.15, 0.2) is 24.3 Å². The summed E-state index contributed by atoms with van der Waals surface area (Å²) in [5.74, 6) is -2.67. The molecule has 10 nitrogen and oxygen atoms in total. The van der Waals surface area contributed by atoms with E-state index in [9.17, 15) is 19.2 Å². The van der Waals surface area contributed by atoms with Gasteiger partial charge in [-0.05, 0) is 17.5 Å². The number of primary amides is 2. The van der Waals surface area contributed by atoms with Gasteiger partial charge < -0.3 is 16.8 Å². The highest BCUT2D eigenvalue weighted by atomic mass is 32.1. The Kier molecular flexibility index (Phi) is 5.94. The molecule has 1 saturated heterocycles. The Bertz CT molecular complexity index is 1100. The molecule has 2 aliphatic heterocycles. The number of rotatable bonds is 6. The summed E-state index contributed by atoms with van der Waals surface area (Å²) in [6, 6.07) is 6.78. The van der Waals surface area contributed by atoms with Gasteiger partial charge in [-0.1, -0.05) is 31.2 Å². The lowest BCUT2D eigenvalue weighted by Gasteiger charge is -2.28. The molecule has 2 aromatic rings. The van der Waals surface area contributed by atoms with Gasteiger partial charge in [0.25, 0.3) is 17.7 Å². The molecule has 4 rings (SSSR count). The SMILES string of the molecule is C[C@H](Cc1nc(C(N)=O)sc1C(N)=O)C(=O)N[C@@H]1C(=O)N2CCCN2Cc2ccccc21. The summed E-state index contributed by atoms with van der Waals surface area (Å²) < 4.78 is 0. The van der Waals surface area contributed by atoms with Crippen LogP contribution < -0.4 is 16.8 Å². The van der Waals surface area contributed by atoms with Crippen molar-refractivity contribution in [2.75, 3.05) is 13.1 Å². The van der Waals surface area contributed by atoms with Gasteiger partial charge in [0.15, 0.2) is 5.01 Å². The number of carbonyl (C=O) groups is 4. The quantitative estimate of drug-likeness (QED) is 0.570. The highest BCUT2D eigenvalue weighted by molar-refractivity contribution is 7.15. The summed E-state index contributed by atoms with van der Waals surface area (Å²) in [6.45, 7) is 3.68. The van der Waals surface area contributed by atoms with Crippen LogP contribution in [-0.4, -0.2) is 51.7 Å². The van der Waals surface area contributed by atoms with E-state index < -0.39 is 23.8 Å². The summed E-state index contributed by atoms with van der Waals surface area (Å²) in [5, 5.41) is 6.57. The minimum Gasteiger partial charge on any atom is -0.365 e. The zero-order valence-corrected chi connectivity index (χ0v) is 18.4. The Balaban J connectivity index is 1.56. The van der Waals surface area contributed by atoms with Gasteiger partial charge in [0.05, 0.1) is 5.69 Å². The van der Waals surface area contributed by atoms with E-state index in [1.807, 2.05) is 29.3 Å². The first-order chi connectivity index (χ1) is 15.3. The van der Waals surface area contributed by atoms with E-state index in [4.69, 9.17) is 11.5 Å². The maximum atomic E-state index is 13.3. The van der Waals surface area contributed by atoms with Crippen LogP contribution in [0.3, 0.4) is 0 Å². The molecule has 1 aromatic heterocycles. The first-order valence-electron chi connectivity index (χ1n) is 10.3. The zero-order valence-electron chi connectivity index (χ0n) is 17.5. The summed E-state index contributed by atoms with van der Waals surface area (Å²) in [7, 11) is 0. The number of carbonyl (C=O) groups excluding carboxylic acids is 4. The maximum absolute atomic E-state index is 13.3. The van der Waals surface area contributed by atoms with Crippen molar-refractivity contribution in [3.63, 3.8) is 0 Å². The molecule has 0 bridgehead atoms. The second kappa shape index (κ2) is 8.67. The lowest BCUT2D eigenvalue weighted by atomic mass is 9.98. The highest BCUT2D eigenvalue weighted by Crippen LogP contribution is 2.30. The molecule has 2 atom stereocenters. The van der Waals surface area contributed by atoms with Crippen LogP contribution in [0.5, 0.6) is 0 Å². The van der Waals surface area contributed by atoms with Crippen LogP contribution in [0.2, 0.25) is 0 Å². The van der Waals surface area contributed by atoms with Crippen molar-refractivity contribution < 1.29 is 19.2 Å². The molecule has 0 radical (unpaired) electrons. The molecule has 1 aromatic carbocycles. The van der Waals surface area contributed by atoms with Crippen LogP contribution in [-0.2, 0) is 22.6 Å². The van der Waals surface area contributed by atoms with E-state index in [2.05, 4.69) is 10.3 Å². The number of benzene rings is 1. The van der Waals surface area contributed by atoms with Gasteiger partial charge in [-0.15, -0.1) is 11.3 Å². The van der Waals surface area contributed by atoms with E-state index in [1.165, 1.54) is 0 Å². The minimum absolute atomic E-state index is 0.0385. The Morgan fingerprint density at radius 1 is 1.22 bits per heavy atom. The molecule has 2 aliphatic rings. The number of hydrogen-bond acceptors (Lipinski definition) is 7. The number of aromatic nitrogens is 1. The second-order valence-corrected chi connectivity index (χ2v) is 8.97. The fourth-order valence-corrected chi connectivity index (χ4v) is 4.91. The molecule has 0 unspecified atom stereocenters. The van der Waals surface area contributed by atoms with Gasteiger partial charge in [0, 0.05) is 32.0 Å². The number of nitrogens with one attached hydrogen (secondary N) is 1. The van der Waals surface area contributed by atoms with E-state index >= 15 is 0 Å². The molecule has 0 saturated carbocycles. The molecule has 3 heterocycles. The van der Waals surface area contributed by atoms with Crippen LogP contribution in [0, 0.1) is 5.92 Å². The summed E-state index contributed by atoms with van der Waals surface area (Å²) in [5.41, 5.74) is 12.7. The topological polar surface area (TPSA) is 152 Å². The van der Waals surface area contributed by atoms with Gasteiger partial charge in [0.2, 0.25) is 5.91 Å². The van der Waals surface area contributed by atoms with Crippen molar-refractivity contribution in [2.45, 2.75) is 32.4 Å². The lowest BCUT2D eigenvalue weighted by molar-refractivity contribution is -0.148. The number of hydrazine groups is 1. The number of thiazole rings is 1. The zero-order chi connectivity index (χ0) is 23.0. The first-order valence-corrected chi connectivity index (χ1v) is 11.1. The third kappa shape index (κ3) is 4.08. The third-order valence-electron chi connectivity index (χ3n) is 5.71. The second-order valence-electron chi connectivity index (χ2n) is 7.97. The maximum Gasteiger partial charge on any atom is 0.277 e. The summed E-state index contributed by atoms with van der Waals surface area (Å²) in [4.78, 5) is 53.7. The normalized spacial score (nSPS) is 19.1. The predicted octanol–water partition coefficient (Wildman–Crippen LogP) is 0.340. The van der Waals surface area contributed by atoms with Crippen LogP contribution in [0.25, 0.3) is 0 Å². The van der Waals surface area contributed by atoms with Gasteiger partial charge in [-0.25, -0.2) is 9.99 Å².